The number of hydrogen-bond donors (Lipinski definition) is 1. The Morgan fingerprint density at radius 1 is 1.46 bits per heavy atom. The van der Waals surface area contributed by atoms with Gasteiger partial charge in [0.2, 0.25) is 5.16 Å². The lowest BCUT2D eigenvalue weighted by Gasteiger charge is -2.05. The van der Waals surface area contributed by atoms with Crippen LogP contribution in [0.15, 0.2) is 23.6 Å². The number of rotatable bonds is 2. The van der Waals surface area contributed by atoms with Crippen LogP contribution in [-0.2, 0) is 10.8 Å². The van der Waals surface area contributed by atoms with Gasteiger partial charge in [-0.25, -0.2) is 9.97 Å². The van der Waals surface area contributed by atoms with E-state index in [1.807, 2.05) is 0 Å². The summed E-state index contributed by atoms with van der Waals surface area (Å²) in [5, 5.41) is 3.81. The van der Waals surface area contributed by atoms with Gasteiger partial charge < -0.3 is 5.32 Å². The fourth-order valence-electron chi connectivity index (χ4n) is 1.35. The van der Waals surface area contributed by atoms with E-state index in [0.717, 1.165) is 19.5 Å². The smallest absolute Gasteiger partial charge is 0.218 e. The molecule has 4 nitrogen and oxygen atoms in total. The second-order valence-corrected chi connectivity index (χ2v) is 4.57. The van der Waals surface area contributed by atoms with E-state index in [0.29, 0.717) is 5.16 Å². The van der Waals surface area contributed by atoms with Crippen LogP contribution in [-0.4, -0.2) is 32.5 Å². The van der Waals surface area contributed by atoms with Crippen molar-refractivity contribution in [1.29, 1.82) is 0 Å². The van der Waals surface area contributed by atoms with Crippen molar-refractivity contribution in [1.82, 2.24) is 15.3 Å². The minimum absolute atomic E-state index is 0.183. The second-order valence-electron chi connectivity index (χ2n) is 2.94. The van der Waals surface area contributed by atoms with Gasteiger partial charge in [0, 0.05) is 18.9 Å². The van der Waals surface area contributed by atoms with E-state index in [9.17, 15) is 4.21 Å². The van der Waals surface area contributed by atoms with Gasteiger partial charge in [-0.2, -0.15) is 0 Å². The van der Waals surface area contributed by atoms with Gasteiger partial charge >= 0.3 is 0 Å². The SMILES string of the molecule is O=[S@](c1ncccn1)[C@H]1CCNC1. The molecule has 0 spiro atoms. The van der Waals surface area contributed by atoms with E-state index < -0.39 is 10.8 Å². The first-order valence-corrected chi connectivity index (χ1v) is 5.47. The lowest BCUT2D eigenvalue weighted by atomic mass is 10.4. The minimum Gasteiger partial charge on any atom is -0.315 e. The molecule has 1 aromatic heterocycles. The van der Waals surface area contributed by atoms with E-state index in [1.54, 1.807) is 18.5 Å². The van der Waals surface area contributed by atoms with Crippen molar-refractivity contribution < 1.29 is 4.21 Å². The predicted molar refractivity (Wildman–Crippen MR) is 49.7 cm³/mol. The summed E-state index contributed by atoms with van der Waals surface area (Å²) in [6.45, 7) is 1.76. The zero-order chi connectivity index (χ0) is 9.10. The standard InChI is InChI=1S/C8H11N3OS/c12-13(7-2-5-9-6-7)8-10-3-1-4-11-8/h1,3-4,7,9H,2,5-6H2/t7-,13-/m0/s1. The average Bonchev–Trinajstić information content (AvgIpc) is 2.71. The third-order valence-corrected chi connectivity index (χ3v) is 3.62. The van der Waals surface area contributed by atoms with Crippen molar-refractivity contribution in [2.45, 2.75) is 16.8 Å². The van der Waals surface area contributed by atoms with Gasteiger partial charge in [0.15, 0.2) is 0 Å². The minimum atomic E-state index is -1.04. The van der Waals surface area contributed by atoms with Gasteiger partial charge in [-0.15, -0.1) is 0 Å². The summed E-state index contributed by atoms with van der Waals surface area (Å²) >= 11 is 0. The van der Waals surface area contributed by atoms with Gasteiger partial charge in [-0.05, 0) is 19.0 Å². The molecule has 13 heavy (non-hydrogen) atoms. The number of nitrogens with one attached hydrogen (secondary N) is 1. The Bertz CT molecular complexity index is 298. The topological polar surface area (TPSA) is 54.9 Å². The molecule has 70 valence electrons. The van der Waals surface area contributed by atoms with Crippen LogP contribution in [0.4, 0.5) is 0 Å². The molecule has 0 unspecified atom stereocenters. The number of nitrogens with zero attached hydrogens (tertiary/aromatic N) is 2. The monoisotopic (exact) mass is 197 g/mol. The van der Waals surface area contributed by atoms with E-state index in [4.69, 9.17) is 0 Å². The molecule has 0 saturated carbocycles. The average molecular weight is 197 g/mol. The van der Waals surface area contributed by atoms with Crippen molar-refractivity contribution in [3.8, 4) is 0 Å². The summed E-state index contributed by atoms with van der Waals surface area (Å²) in [5.74, 6) is 0. The summed E-state index contributed by atoms with van der Waals surface area (Å²) < 4.78 is 11.8. The third kappa shape index (κ3) is 1.92. The number of hydrogen-bond acceptors (Lipinski definition) is 4. The molecule has 5 heteroatoms. The molecule has 0 aromatic carbocycles. The fourth-order valence-corrected chi connectivity index (χ4v) is 2.58. The summed E-state index contributed by atoms with van der Waals surface area (Å²) in [4.78, 5) is 7.97. The molecule has 2 atom stereocenters. The maximum Gasteiger partial charge on any atom is 0.218 e. The first-order valence-electron chi connectivity index (χ1n) is 4.26. The molecule has 0 radical (unpaired) electrons. The summed E-state index contributed by atoms with van der Waals surface area (Å²) in [6, 6.07) is 1.73. The lowest BCUT2D eigenvalue weighted by Crippen LogP contribution is -2.20. The molecule has 1 fully saturated rings. The maximum atomic E-state index is 11.8. The molecule has 1 aromatic rings. The zero-order valence-corrected chi connectivity index (χ0v) is 7.96. The van der Waals surface area contributed by atoms with E-state index >= 15 is 0 Å². The largest absolute Gasteiger partial charge is 0.315 e. The highest BCUT2D eigenvalue weighted by Crippen LogP contribution is 2.11. The van der Waals surface area contributed by atoms with Gasteiger partial charge in [0.05, 0.1) is 16.0 Å². The van der Waals surface area contributed by atoms with Gasteiger partial charge in [-0.3, -0.25) is 4.21 Å². The predicted octanol–water partition coefficient (Wildman–Crippen LogP) is -0.0539. The first kappa shape index (κ1) is 8.77. The van der Waals surface area contributed by atoms with E-state index in [-0.39, 0.29) is 5.25 Å². The Morgan fingerprint density at radius 2 is 2.23 bits per heavy atom. The normalized spacial score (nSPS) is 24.5. The Labute approximate surface area is 79.2 Å². The molecule has 0 bridgehead atoms. The molecular formula is C8H11N3OS. The maximum absolute atomic E-state index is 11.8. The lowest BCUT2D eigenvalue weighted by molar-refractivity contribution is 0.664. The summed E-state index contributed by atoms with van der Waals surface area (Å²) in [6.07, 6.45) is 4.20. The van der Waals surface area contributed by atoms with Crippen molar-refractivity contribution >= 4 is 10.8 Å². The van der Waals surface area contributed by atoms with Crippen molar-refractivity contribution in [2.24, 2.45) is 0 Å². The highest BCUT2D eigenvalue weighted by atomic mass is 32.2. The van der Waals surface area contributed by atoms with Crippen molar-refractivity contribution in [3.05, 3.63) is 18.5 Å². The second kappa shape index (κ2) is 3.93. The molecule has 1 saturated heterocycles. The van der Waals surface area contributed by atoms with Gasteiger partial charge in [-0.1, -0.05) is 0 Å². The van der Waals surface area contributed by atoms with Gasteiger partial charge in [0.1, 0.15) is 0 Å². The molecular weight excluding hydrogens is 186 g/mol. The zero-order valence-electron chi connectivity index (χ0n) is 7.14. The molecule has 0 aliphatic carbocycles. The Kier molecular flexibility index (Phi) is 2.65. The van der Waals surface area contributed by atoms with Gasteiger partial charge in [0.25, 0.3) is 0 Å². The Hall–Kier alpha value is -0.810. The molecule has 2 rings (SSSR count). The van der Waals surface area contributed by atoms with Crippen molar-refractivity contribution in [3.63, 3.8) is 0 Å². The Morgan fingerprint density at radius 3 is 2.85 bits per heavy atom. The molecule has 1 aliphatic heterocycles. The van der Waals surface area contributed by atoms with Crippen LogP contribution in [0.1, 0.15) is 6.42 Å². The fraction of sp³-hybridized carbons (Fsp3) is 0.500. The molecule has 2 heterocycles. The van der Waals surface area contributed by atoms with Crippen LogP contribution in [0.25, 0.3) is 0 Å². The Balaban J connectivity index is 2.13. The molecule has 0 amide bonds. The summed E-state index contributed by atoms with van der Waals surface area (Å²) in [5.41, 5.74) is 0. The van der Waals surface area contributed by atoms with Crippen LogP contribution >= 0.6 is 0 Å². The van der Waals surface area contributed by atoms with Crippen LogP contribution in [0.5, 0.6) is 0 Å². The highest BCUT2D eigenvalue weighted by Gasteiger charge is 2.23. The third-order valence-electron chi connectivity index (χ3n) is 2.04. The highest BCUT2D eigenvalue weighted by molar-refractivity contribution is 7.85. The van der Waals surface area contributed by atoms with E-state index in [2.05, 4.69) is 15.3 Å². The van der Waals surface area contributed by atoms with Crippen LogP contribution in [0.2, 0.25) is 0 Å². The van der Waals surface area contributed by atoms with E-state index in [1.165, 1.54) is 0 Å². The molecule has 1 N–H and O–H groups in total. The first-order chi connectivity index (χ1) is 6.38. The van der Waals surface area contributed by atoms with Crippen LogP contribution in [0, 0.1) is 0 Å². The summed E-state index contributed by atoms with van der Waals surface area (Å²) in [7, 11) is -1.04. The van der Waals surface area contributed by atoms with Crippen LogP contribution in [0.3, 0.4) is 0 Å². The quantitative estimate of drug-likeness (QED) is 0.675. The number of aromatic nitrogens is 2. The van der Waals surface area contributed by atoms with Crippen molar-refractivity contribution in [2.75, 3.05) is 13.1 Å². The van der Waals surface area contributed by atoms with Crippen LogP contribution < -0.4 is 5.32 Å². The molecule has 1 aliphatic rings.